The number of para-hydroxylation sites is 1. The van der Waals surface area contributed by atoms with Gasteiger partial charge >= 0.3 is 0 Å². The Kier molecular flexibility index (Phi) is 4.14. The number of halogens is 2. The van der Waals surface area contributed by atoms with Gasteiger partial charge in [0.05, 0.1) is 5.69 Å². The van der Waals surface area contributed by atoms with Crippen LogP contribution in [0, 0.1) is 6.92 Å². The minimum atomic E-state index is 0.459. The van der Waals surface area contributed by atoms with Crippen LogP contribution >= 0.6 is 31.9 Å². The molecule has 110 valence electrons. The molecule has 1 aliphatic carbocycles. The predicted octanol–water partition coefficient (Wildman–Crippen LogP) is 4.22. The van der Waals surface area contributed by atoms with E-state index < -0.39 is 0 Å². The summed E-state index contributed by atoms with van der Waals surface area (Å²) in [5.74, 6) is 8.32. The van der Waals surface area contributed by atoms with Gasteiger partial charge < -0.3 is 10.7 Å². The van der Waals surface area contributed by atoms with E-state index in [1.165, 1.54) is 0 Å². The van der Waals surface area contributed by atoms with Gasteiger partial charge in [0.25, 0.3) is 0 Å². The van der Waals surface area contributed by atoms with Crippen molar-refractivity contribution in [1.82, 2.24) is 9.97 Å². The van der Waals surface area contributed by atoms with E-state index in [1.807, 2.05) is 25.1 Å². The predicted molar refractivity (Wildman–Crippen MR) is 91.7 cm³/mol. The highest BCUT2D eigenvalue weighted by Gasteiger charge is 2.28. The van der Waals surface area contributed by atoms with Crippen LogP contribution in [0.3, 0.4) is 0 Å². The van der Waals surface area contributed by atoms with E-state index in [9.17, 15) is 0 Å². The fraction of sp³-hybridized carbons (Fsp3) is 0.286. The topological polar surface area (TPSA) is 75.9 Å². The van der Waals surface area contributed by atoms with Crippen LogP contribution < -0.4 is 16.6 Å². The Bertz CT molecular complexity index is 665. The summed E-state index contributed by atoms with van der Waals surface area (Å²) in [7, 11) is 0. The van der Waals surface area contributed by atoms with Crippen molar-refractivity contribution in [2.45, 2.75) is 25.7 Å². The quantitative estimate of drug-likeness (QED) is 0.517. The fourth-order valence-electron chi connectivity index (χ4n) is 2.06. The summed E-state index contributed by atoms with van der Waals surface area (Å²) in [5, 5.41) is 3.37. The van der Waals surface area contributed by atoms with Crippen LogP contribution in [0.25, 0.3) is 0 Å². The first-order valence-corrected chi connectivity index (χ1v) is 8.25. The van der Waals surface area contributed by atoms with Crippen molar-refractivity contribution in [2.75, 3.05) is 10.7 Å². The Labute approximate surface area is 140 Å². The molecule has 0 saturated heterocycles. The van der Waals surface area contributed by atoms with Gasteiger partial charge in [-0.2, -0.15) is 0 Å². The largest absolute Gasteiger partial charge is 0.338 e. The van der Waals surface area contributed by atoms with Crippen molar-refractivity contribution in [3.05, 3.63) is 38.5 Å². The lowest BCUT2D eigenvalue weighted by Gasteiger charge is -2.15. The molecule has 0 spiro atoms. The summed E-state index contributed by atoms with van der Waals surface area (Å²) in [6, 6.07) is 5.93. The van der Waals surface area contributed by atoms with Crippen molar-refractivity contribution in [3.8, 4) is 0 Å². The third kappa shape index (κ3) is 3.04. The summed E-state index contributed by atoms with van der Waals surface area (Å²) in [6.07, 6.45) is 2.29. The third-order valence-corrected chi connectivity index (χ3v) is 4.77. The lowest BCUT2D eigenvalue weighted by atomic mass is 10.2. The first kappa shape index (κ1) is 14.7. The Morgan fingerprint density at radius 1 is 1.14 bits per heavy atom. The minimum absolute atomic E-state index is 0.459. The molecule has 0 aliphatic heterocycles. The third-order valence-electron chi connectivity index (χ3n) is 3.45. The highest BCUT2D eigenvalue weighted by Crippen LogP contribution is 2.40. The number of aromatic nitrogens is 2. The summed E-state index contributed by atoms with van der Waals surface area (Å²) in [4.78, 5) is 9.15. The molecular formula is C14H15Br2N5. The van der Waals surface area contributed by atoms with Gasteiger partial charge in [-0.15, -0.1) is 0 Å². The number of nitrogens with one attached hydrogen (secondary N) is 2. The van der Waals surface area contributed by atoms with Crippen molar-refractivity contribution < 1.29 is 0 Å². The smallest absolute Gasteiger partial charge is 0.148 e. The van der Waals surface area contributed by atoms with Crippen molar-refractivity contribution >= 4 is 49.2 Å². The van der Waals surface area contributed by atoms with E-state index in [0.717, 1.165) is 44.7 Å². The zero-order valence-electron chi connectivity index (χ0n) is 11.5. The number of nitrogens with zero attached hydrogens (tertiary/aromatic N) is 2. The van der Waals surface area contributed by atoms with E-state index >= 15 is 0 Å². The van der Waals surface area contributed by atoms with E-state index in [0.29, 0.717) is 11.7 Å². The Morgan fingerprint density at radius 2 is 1.76 bits per heavy atom. The molecule has 1 fully saturated rings. The van der Waals surface area contributed by atoms with Gasteiger partial charge in [-0.05, 0) is 63.8 Å². The van der Waals surface area contributed by atoms with Gasteiger partial charge in [0.2, 0.25) is 0 Å². The first-order chi connectivity index (χ1) is 10.1. The van der Waals surface area contributed by atoms with Gasteiger partial charge in [-0.3, -0.25) is 0 Å². The van der Waals surface area contributed by atoms with E-state index in [1.54, 1.807) is 0 Å². The normalized spacial score (nSPS) is 14.1. The summed E-state index contributed by atoms with van der Waals surface area (Å²) >= 11 is 7.10. The Hall–Kier alpha value is -1.18. The number of hydrazine groups is 1. The molecule has 0 atom stereocenters. The maximum atomic E-state index is 5.58. The van der Waals surface area contributed by atoms with E-state index in [4.69, 9.17) is 5.84 Å². The zero-order valence-corrected chi connectivity index (χ0v) is 14.6. The fourth-order valence-corrected chi connectivity index (χ4v) is 3.25. The lowest BCUT2D eigenvalue weighted by molar-refractivity contribution is 0.920. The molecule has 1 aliphatic rings. The number of rotatable bonds is 4. The highest BCUT2D eigenvalue weighted by molar-refractivity contribution is 9.11. The van der Waals surface area contributed by atoms with Gasteiger partial charge in [-0.25, -0.2) is 15.8 Å². The molecule has 7 heteroatoms. The molecule has 1 saturated carbocycles. The maximum absolute atomic E-state index is 5.58. The number of nitrogen functional groups attached to an aromatic ring is 1. The zero-order chi connectivity index (χ0) is 15.0. The van der Waals surface area contributed by atoms with Crippen molar-refractivity contribution in [1.29, 1.82) is 0 Å². The molecule has 1 aromatic heterocycles. The number of hydrogen-bond donors (Lipinski definition) is 3. The second-order valence-corrected chi connectivity index (χ2v) is 6.75. The van der Waals surface area contributed by atoms with E-state index in [-0.39, 0.29) is 0 Å². The molecular weight excluding hydrogens is 398 g/mol. The highest BCUT2D eigenvalue weighted by atomic mass is 79.9. The number of nitrogens with two attached hydrogens (primary N) is 1. The molecule has 2 aromatic rings. The lowest BCUT2D eigenvalue weighted by Crippen LogP contribution is -2.14. The molecule has 1 heterocycles. The molecule has 0 unspecified atom stereocenters. The first-order valence-electron chi connectivity index (χ1n) is 6.66. The van der Waals surface area contributed by atoms with Crippen LogP contribution in [0.4, 0.5) is 17.3 Å². The second-order valence-electron chi connectivity index (χ2n) is 5.04. The van der Waals surface area contributed by atoms with Crippen molar-refractivity contribution in [2.24, 2.45) is 5.84 Å². The molecule has 4 N–H and O–H groups in total. The number of benzene rings is 1. The van der Waals surface area contributed by atoms with Crippen LogP contribution in [0.1, 0.15) is 30.1 Å². The minimum Gasteiger partial charge on any atom is -0.338 e. The SMILES string of the molecule is Cc1c(NN)nc(C2CC2)nc1Nc1c(Br)cccc1Br. The maximum Gasteiger partial charge on any atom is 0.148 e. The molecule has 21 heavy (non-hydrogen) atoms. The van der Waals surface area contributed by atoms with Crippen LogP contribution in [0.5, 0.6) is 0 Å². The van der Waals surface area contributed by atoms with Gasteiger partial charge in [-0.1, -0.05) is 6.07 Å². The Balaban J connectivity index is 2.03. The van der Waals surface area contributed by atoms with Gasteiger partial charge in [0.1, 0.15) is 17.5 Å². The van der Waals surface area contributed by atoms with Gasteiger partial charge in [0, 0.05) is 20.4 Å². The van der Waals surface area contributed by atoms with Crippen molar-refractivity contribution in [3.63, 3.8) is 0 Å². The van der Waals surface area contributed by atoms with Crippen LogP contribution in [0.15, 0.2) is 27.1 Å². The van der Waals surface area contributed by atoms with Crippen LogP contribution in [-0.4, -0.2) is 9.97 Å². The molecule has 1 aromatic carbocycles. The molecule has 3 rings (SSSR count). The average Bonchev–Trinajstić information content (AvgIpc) is 3.29. The van der Waals surface area contributed by atoms with Gasteiger partial charge in [0.15, 0.2) is 0 Å². The van der Waals surface area contributed by atoms with Crippen LogP contribution in [-0.2, 0) is 0 Å². The number of anilines is 3. The average molecular weight is 413 g/mol. The van der Waals surface area contributed by atoms with Crippen LogP contribution in [0.2, 0.25) is 0 Å². The Morgan fingerprint density at radius 3 is 2.33 bits per heavy atom. The molecule has 0 bridgehead atoms. The molecule has 0 radical (unpaired) electrons. The standard InChI is InChI=1S/C14H15Br2N5/c1-7-12(18-11-9(15)3-2-4-10(11)16)19-14(8-5-6-8)20-13(7)21-17/h2-4,8H,5-6,17H2,1H3,(H2,18,19,20,21). The number of hydrogen-bond acceptors (Lipinski definition) is 5. The molecule has 5 nitrogen and oxygen atoms in total. The monoisotopic (exact) mass is 411 g/mol. The summed E-state index contributed by atoms with van der Waals surface area (Å²) in [5.41, 5.74) is 4.49. The second kappa shape index (κ2) is 5.90. The van der Waals surface area contributed by atoms with E-state index in [2.05, 4.69) is 52.6 Å². The summed E-state index contributed by atoms with van der Waals surface area (Å²) in [6.45, 7) is 1.94. The summed E-state index contributed by atoms with van der Waals surface area (Å²) < 4.78 is 1.93. The molecule has 0 amide bonds.